The summed E-state index contributed by atoms with van der Waals surface area (Å²) in [7, 11) is -1.53. The van der Waals surface area contributed by atoms with Crippen molar-refractivity contribution in [1.29, 1.82) is 0 Å². The Kier molecular flexibility index (Phi) is 5.77. The van der Waals surface area contributed by atoms with Crippen LogP contribution in [0.1, 0.15) is 21.5 Å². The lowest BCUT2D eigenvalue weighted by atomic mass is 10.1. The molecular formula is C17H17BrFNO3S. The van der Waals surface area contributed by atoms with Crippen molar-refractivity contribution in [2.45, 2.75) is 12.3 Å². The van der Waals surface area contributed by atoms with Gasteiger partial charge < -0.3 is 4.90 Å². The topological polar surface area (TPSA) is 54.5 Å². The summed E-state index contributed by atoms with van der Waals surface area (Å²) in [4.78, 5) is 13.8. The van der Waals surface area contributed by atoms with Crippen LogP contribution in [-0.4, -0.2) is 32.5 Å². The Morgan fingerprint density at radius 3 is 2.38 bits per heavy atom. The molecule has 0 aliphatic carbocycles. The number of rotatable bonds is 5. The summed E-state index contributed by atoms with van der Waals surface area (Å²) in [5, 5.41) is 0. The highest BCUT2D eigenvalue weighted by Gasteiger charge is 2.14. The maximum atomic E-state index is 13.8. The van der Waals surface area contributed by atoms with Crippen molar-refractivity contribution in [3.63, 3.8) is 0 Å². The number of halogens is 2. The molecule has 2 aromatic rings. The average molecular weight is 414 g/mol. The molecule has 2 aromatic carbocycles. The van der Waals surface area contributed by atoms with Crippen LogP contribution in [0, 0.1) is 5.82 Å². The lowest BCUT2D eigenvalue weighted by Gasteiger charge is -2.18. The van der Waals surface area contributed by atoms with Crippen LogP contribution in [0.5, 0.6) is 0 Å². The second-order valence-corrected chi connectivity index (χ2v) is 8.72. The van der Waals surface area contributed by atoms with Gasteiger partial charge in [0.1, 0.15) is 5.82 Å². The first-order valence-electron chi connectivity index (χ1n) is 7.12. The zero-order valence-electron chi connectivity index (χ0n) is 13.3. The number of benzene rings is 2. The van der Waals surface area contributed by atoms with Crippen molar-refractivity contribution >= 4 is 31.7 Å². The van der Waals surface area contributed by atoms with Crippen molar-refractivity contribution in [2.75, 3.05) is 13.3 Å². The molecule has 2 rings (SSSR count). The van der Waals surface area contributed by atoms with Crippen LogP contribution in [0.4, 0.5) is 4.39 Å². The van der Waals surface area contributed by atoms with E-state index in [9.17, 15) is 17.6 Å². The van der Waals surface area contributed by atoms with Crippen molar-refractivity contribution in [3.8, 4) is 0 Å². The van der Waals surface area contributed by atoms with Crippen LogP contribution in [0.25, 0.3) is 0 Å². The molecule has 0 fully saturated rings. The molecule has 0 N–H and O–H groups in total. The maximum absolute atomic E-state index is 13.8. The number of sulfone groups is 1. The maximum Gasteiger partial charge on any atom is 0.253 e. The second kappa shape index (κ2) is 7.44. The zero-order valence-corrected chi connectivity index (χ0v) is 15.7. The molecule has 0 heterocycles. The number of hydrogen-bond donors (Lipinski definition) is 0. The highest BCUT2D eigenvalue weighted by atomic mass is 79.9. The van der Waals surface area contributed by atoms with Crippen molar-refractivity contribution in [3.05, 3.63) is 69.4 Å². The van der Waals surface area contributed by atoms with Crippen LogP contribution in [-0.2, 0) is 22.1 Å². The molecule has 24 heavy (non-hydrogen) atoms. The summed E-state index contributed by atoms with van der Waals surface area (Å²) in [5.41, 5.74) is 1.45. The molecular weight excluding hydrogens is 397 g/mol. The van der Waals surface area contributed by atoms with Gasteiger partial charge in [0.2, 0.25) is 0 Å². The van der Waals surface area contributed by atoms with Gasteiger partial charge in [0, 0.05) is 35.4 Å². The third kappa shape index (κ3) is 5.14. The Hall–Kier alpha value is -1.73. The predicted molar refractivity (Wildman–Crippen MR) is 94.9 cm³/mol. The minimum absolute atomic E-state index is 0.0689. The van der Waals surface area contributed by atoms with Crippen molar-refractivity contribution in [2.24, 2.45) is 0 Å². The van der Waals surface area contributed by atoms with Crippen LogP contribution < -0.4 is 0 Å². The summed E-state index contributed by atoms with van der Waals surface area (Å²) < 4.78 is 37.1. The van der Waals surface area contributed by atoms with Gasteiger partial charge in [-0.2, -0.15) is 0 Å². The molecule has 128 valence electrons. The Bertz CT molecular complexity index is 851. The molecule has 0 spiro atoms. The highest BCUT2D eigenvalue weighted by Crippen LogP contribution is 2.18. The molecule has 4 nitrogen and oxygen atoms in total. The third-order valence-corrected chi connectivity index (χ3v) is 4.74. The van der Waals surface area contributed by atoms with Crippen molar-refractivity contribution < 1.29 is 17.6 Å². The van der Waals surface area contributed by atoms with E-state index in [1.807, 2.05) is 0 Å². The van der Waals surface area contributed by atoms with E-state index in [2.05, 4.69) is 15.9 Å². The molecule has 7 heteroatoms. The highest BCUT2D eigenvalue weighted by molar-refractivity contribution is 9.10. The lowest BCUT2D eigenvalue weighted by Crippen LogP contribution is -2.26. The van der Waals surface area contributed by atoms with Gasteiger partial charge in [-0.05, 0) is 35.9 Å². The molecule has 0 bridgehead atoms. The first kappa shape index (κ1) is 18.6. The van der Waals surface area contributed by atoms with Gasteiger partial charge in [-0.3, -0.25) is 4.79 Å². The van der Waals surface area contributed by atoms with Gasteiger partial charge in [0.15, 0.2) is 9.84 Å². The van der Waals surface area contributed by atoms with Crippen LogP contribution >= 0.6 is 15.9 Å². The summed E-state index contributed by atoms with van der Waals surface area (Å²) in [5.74, 6) is -0.706. The molecule has 0 saturated heterocycles. The van der Waals surface area contributed by atoms with Crippen LogP contribution in [0.2, 0.25) is 0 Å². The Morgan fingerprint density at radius 1 is 1.17 bits per heavy atom. The number of amides is 1. The normalized spacial score (nSPS) is 11.3. The fourth-order valence-electron chi connectivity index (χ4n) is 2.26. The monoisotopic (exact) mass is 413 g/mol. The van der Waals surface area contributed by atoms with Gasteiger partial charge in [-0.15, -0.1) is 0 Å². The van der Waals surface area contributed by atoms with E-state index in [0.717, 1.165) is 10.7 Å². The summed E-state index contributed by atoms with van der Waals surface area (Å²) in [6.45, 7) is 0.134. The number of carbonyl (C=O) groups excluding carboxylic acids is 1. The molecule has 0 atom stereocenters. The van der Waals surface area contributed by atoms with E-state index in [1.165, 1.54) is 11.0 Å². The fraction of sp³-hybridized carbons (Fsp3) is 0.235. The number of nitrogens with zero attached hydrogens (tertiary/aromatic N) is 1. The molecule has 0 unspecified atom stereocenters. The quantitative estimate of drug-likeness (QED) is 0.754. The standard InChI is InChI=1S/C17H17BrFNO3S/c1-20(10-14-9-15(18)7-8-16(14)19)17(21)13-5-3-12(4-6-13)11-24(2,22)23/h3-9H,10-11H2,1-2H3. The Balaban J connectivity index is 2.11. The first-order valence-corrected chi connectivity index (χ1v) is 9.97. The van der Waals surface area contributed by atoms with Crippen LogP contribution in [0.15, 0.2) is 46.9 Å². The summed E-state index contributed by atoms with van der Waals surface area (Å²) in [6.07, 6.45) is 1.16. The van der Waals surface area contributed by atoms with Crippen molar-refractivity contribution in [1.82, 2.24) is 4.90 Å². The first-order chi connectivity index (χ1) is 11.2. The summed E-state index contributed by atoms with van der Waals surface area (Å²) in [6, 6.07) is 11.0. The van der Waals surface area contributed by atoms with E-state index in [-0.39, 0.29) is 24.0 Å². The average Bonchev–Trinajstić information content (AvgIpc) is 2.49. The second-order valence-electron chi connectivity index (χ2n) is 5.66. The van der Waals surface area contributed by atoms with Gasteiger partial charge in [0.25, 0.3) is 5.91 Å². The Morgan fingerprint density at radius 2 is 1.79 bits per heavy atom. The molecule has 0 aliphatic heterocycles. The van der Waals surface area contributed by atoms with Crippen LogP contribution in [0.3, 0.4) is 0 Å². The lowest BCUT2D eigenvalue weighted by molar-refractivity contribution is 0.0784. The number of hydrogen-bond acceptors (Lipinski definition) is 3. The van der Waals surface area contributed by atoms with E-state index < -0.39 is 9.84 Å². The van der Waals surface area contributed by atoms with Gasteiger partial charge >= 0.3 is 0 Å². The minimum Gasteiger partial charge on any atom is -0.337 e. The van der Waals surface area contributed by atoms with E-state index >= 15 is 0 Å². The van der Waals surface area contributed by atoms with E-state index in [1.54, 1.807) is 43.4 Å². The fourth-order valence-corrected chi connectivity index (χ4v) is 3.46. The van der Waals surface area contributed by atoms with E-state index in [0.29, 0.717) is 16.7 Å². The molecule has 0 aliphatic rings. The molecule has 0 radical (unpaired) electrons. The summed E-state index contributed by atoms with van der Waals surface area (Å²) >= 11 is 3.28. The zero-order chi connectivity index (χ0) is 17.9. The Labute approximate surface area is 149 Å². The molecule has 0 aromatic heterocycles. The van der Waals surface area contributed by atoms with Gasteiger partial charge in [0.05, 0.1) is 5.75 Å². The SMILES string of the molecule is CN(Cc1cc(Br)ccc1F)C(=O)c1ccc(CS(C)(=O)=O)cc1. The largest absolute Gasteiger partial charge is 0.337 e. The minimum atomic E-state index is -3.12. The smallest absolute Gasteiger partial charge is 0.253 e. The van der Waals surface area contributed by atoms with Gasteiger partial charge in [-0.25, -0.2) is 12.8 Å². The molecule has 0 saturated carbocycles. The third-order valence-electron chi connectivity index (χ3n) is 3.39. The van der Waals surface area contributed by atoms with E-state index in [4.69, 9.17) is 0 Å². The number of carbonyl (C=O) groups is 1. The predicted octanol–water partition coefficient (Wildman–Crippen LogP) is 3.41. The van der Waals surface area contributed by atoms with Gasteiger partial charge in [-0.1, -0.05) is 28.1 Å². The molecule has 1 amide bonds.